The van der Waals surface area contributed by atoms with Crippen molar-refractivity contribution >= 4 is 11.5 Å². The molecular formula is C25H34N2O. The normalized spacial score (nSPS) is 25.9. The molecule has 0 radical (unpaired) electrons. The summed E-state index contributed by atoms with van der Waals surface area (Å²) >= 11 is 0. The van der Waals surface area contributed by atoms with Gasteiger partial charge in [0.1, 0.15) is 0 Å². The number of benzene rings is 1. The van der Waals surface area contributed by atoms with Crippen LogP contribution in [0.2, 0.25) is 0 Å². The van der Waals surface area contributed by atoms with Gasteiger partial charge < -0.3 is 5.32 Å². The quantitative estimate of drug-likeness (QED) is 0.759. The maximum Gasteiger partial charge on any atom is 0.247 e. The zero-order valence-electron chi connectivity index (χ0n) is 17.0. The number of allylic oxidation sites excluding steroid dienone is 1. The first-order chi connectivity index (χ1) is 13.8. The van der Waals surface area contributed by atoms with E-state index in [2.05, 4.69) is 52.7 Å². The van der Waals surface area contributed by atoms with Crippen molar-refractivity contribution in [3.63, 3.8) is 0 Å². The van der Waals surface area contributed by atoms with Crippen molar-refractivity contribution in [2.75, 3.05) is 19.6 Å². The van der Waals surface area contributed by atoms with Crippen LogP contribution in [0.5, 0.6) is 0 Å². The highest BCUT2D eigenvalue weighted by Gasteiger charge is 2.24. The Morgan fingerprint density at radius 1 is 1.04 bits per heavy atom. The van der Waals surface area contributed by atoms with Gasteiger partial charge in [0.15, 0.2) is 0 Å². The molecule has 3 heteroatoms. The molecule has 0 atom stereocenters. The number of carbonyl (C=O) groups excluding carboxylic acids is 1. The van der Waals surface area contributed by atoms with Crippen LogP contribution in [0.4, 0.5) is 0 Å². The first-order valence-electron chi connectivity index (χ1n) is 11.2. The second-order valence-electron chi connectivity index (χ2n) is 8.75. The summed E-state index contributed by atoms with van der Waals surface area (Å²) in [6.45, 7) is 3.49. The topological polar surface area (TPSA) is 32.3 Å². The Hall–Kier alpha value is -1.87. The van der Waals surface area contributed by atoms with E-state index >= 15 is 0 Å². The van der Waals surface area contributed by atoms with Crippen molar-refractivity contribution in [2.24, 2.45) is 5.92 Å². The van der Waals surface area contributed by atoms with Crippen LogP contribution in [-0.2, 0) is 4.79 Å². The van der Waals surface area contributed by atoms with Gasteiger partial charge in [0.2, 0.25) is 5.91 Å². The summed E-state index contributed by atoms with van der Waals surface area (Å²) in [5, 5.41) is 3.28. The minimum atomic E-state index is 0.204. The average Bonchev–Trinajstić information content (AvgIpc) is 3.29. The van der Waals surface area contributed by atoms with Gasteiger partial charge >= 0.3 is 0 Å². The van der Waals surface area contributed by atoms with E-state index in [0.29, 0.717) is 6.04 Å². The van der Waals surface area contributed by atoms with Gasteiger partial charge in [-0.15, -0.1) is 0 Å². The molecule has 1 aromatic carbocycles. The van der Waals surface area contributed by atoms with E-state index in [1.165, 1.54) is 49.9 Å². The number of rotatable bonds is 6. The monoisotopic (exact) mass is 378 g/mol. The van der Waals surface area contributed by atoms with Crippen molar-refractivity contribution < 1.29 is 4.79 Å². The van der Waals surface area contributed by atoms with Crippen molar-refractivity contribution in [2.45, 2.75) is 63.8 Å². The Morgan fingerprint density at radius 2 is 1.86 bits per heavy atom. The SMILES string of the molecule is O=C(N[C@H]1CC[C@H](CCN2CC=C(c3ccccc3)CC2)CC1)C1=CCCC1. The van der Waals surface area contributed by atoms with Crippen LogP contribution in [0, 0.1) is 5.92 Å². The molecule has 1 N–H and O–H groups in total. The number of nitrogens with zero attached hydrogens (tertiary/aromatic N) is 1. The molecule has 1 saturated carbocycles. The third kappa shape index (κ3) is 5.14. The van der Waals surface area contributed by atoms with Gasteiger partial charge in [-0.1, -0.05) is 42.5 Å². The molecule has 0 bridgehead atoms. The molecule has 2 aliphatic carbocycles. The Bertz CT molecular complexity index is 713. The fraction of sp³-hybridized carbons (Fsp3) is 0.560. The molecule has 0 aromatic heterocycles. The van der Waals surface area contributed by atoms with Crippen LogP contribution in [-0.4, -0.2) is 36.5 Å². The maximum absolute atomic E-state index is 12.3. The maximum atomic E-state index is 12.3. The van der Waals surface area contributed by atoms with E-state index in [1.54, 1.807) is 0 Å². The number of hydrogen-bond donors (Lipinski definition) is 1. The summed E-state index contributed by atoms with van der Waals surface area (Å²) < 4.78 is 0. The number of amides is 1. The lowest BCUT2D eigenvalue weighted by Crippen LogP contribution is -2.38. The van der Waals surface area contributed by atoms with Gasteiger partial charge in [-0.2, -0.15) is 0 Å². The molecule has 0 saturated heterocycles. The first kappa shape index (κ1) is 19.4. The second kappa shape index (κ2) is 9.56. The first-order valence-corrected chi connectivity index (χ1v) is 11.2. The second-order valence-corrected chi connectivity index (χ2v) is 8.75. The molecule has 0 spiro atoms. The molecule has 4 rings (SSSR count). The summed E-state index contributed by atoms with van der Waals surface area (Å²) in [7, 11) is 0. The number of hydrogen-bond acceptors (Lipinski definition) is 2. The Morgan fingerprint density at radius 3 is 2.54 bits per heavy atom. The lowest BCUT2D eigenvalue weighted by molar-refractivity contribution is -0.118. The Labute approximate surface area is 169 Å². The summed E-state index contributed by atoms with van der Waals surface area (Å²) in [6, 6.07) is 11.2. The predicted octanol–water partition coefficient (Wildman–Crippen LogP) is 4.95. The van der Waals surface area contributed by atoms with Crippen molar-refractivity contribution in [1.82, 2.24) is 10.2 Å². The van der Waals surface area contributed by atoms with Crippen LogP contribution in [0.25, 0.3) is 5.57 Å². The number of carbonyl (C=O) groups is 1. The molecule has 28 heavy (non-hydrogen) atoms. The zero-order valence-corrected chi connectivity index (χ0v) is 17.0. The average molecular weight is 379 g/mol. The fourth-order valence-corrected chi connectivity index (χ4v) is 4.94. The zero-order chi connectivity index (χ0) is 19.2. The minimum absolute atomic E-state index is 0.204. The Balaban J connectivity index is 1.15. The van der Waals surface area contributed by atoms with E-state index < -0.39 is 0 Å². The van der Waals surface area contributed by atoms with E-state index in [0.717, 1.165) is 50.1 Å². The molecular weight excluding hydrogens is 344 g/mol. The largest absolute Gasteiger partial charge is 0.350 e. The molecule has 1 heterocycles. The molecule has 1 aromatic rings. The van der Waals surface area contributed by atoms with Gasteiger partial charge in [0, 0.05) is 24.7 Å². The Kier molecular flexibility index (Phi) is 6.64. The third-order valence-electron chi connectivity index (χ3n) is 6.81. The molecule has 1 aliphatic heterocycles. The molecule has 150 valence electrons. The molecule has 3 aliphatic rings. The highest BCUT2D eigenvalue weighted by Crippen LogP contribution is 2.29. The van der Waals surface area contributed by atoms with Crippen molar-refractivity contribution in [3.8, 4) is 0 Å². The van der Waals surface area contributed by atoms with Gasteiger partial charge in [0.05, 0.1) is 0 Å². The van der Waals surface area contributed by atoms with E-state index in [1.807, 2.05) is 0 Å². The van der Waals surface area contributed by atoms with Gasteiger partial charge in [0.25, 0.3) is 0 Å². The minimum Gasteiger partial charge on any atom is -0.350 e. The summed E-state index contributed by atoms with van der Waals surface area (Å²) in [4.78, 5) is 14.9. The molecule has 1 fully saturated rings. The van der Waals surface area contributed by atoms with Gasteiger partial charge in [-0.3, -0.25) is 9.69 Å². The lowest BCUT2D eigenvalue weighted by atomic mass is 9.84. The highest BCUT2D eigenvalue weighted by molar-refractivity contribution is 5.93. The predicted molar refractivity (Wildman–Crippen MR) is 116 cm³/mol. The van der Waals surface area contributed by atoms with Crippen molar-refractivity contribution in [3.05, 3.63) is 53.6 Å². The summed E-state index contributed by atoms with van der Waals surface area (Å²) in [6.07, 6.45) is 15.0. The summed E-state index contributed by atoms with van der Waals surface area (Å²) in [5.41, 5.74) is 3.91. The van der Waals surface area contributed by atoms with Crippen LogP contribution in [0.15, 0.2) is 48.1 Å². The number of nitrogens with one attached hydrogen (secondary N) is 1. The van der Waals surface area contributed by atoms with E-state index in [-0.39, 0.29) is 5.91 Å². The van der Waals surface area contributed by atoms with Crippen LogP contribution >= 0.6 is 0 Å². The van der Waals surface area contributed by atoms with Crippen LogP contribution < -0.4 is 5.32 Å². The lowest BCUT2D eigenvalue weighted by Gasteiger charge is -2.32. The molecule has 0 unspecified atom stereocenters. The van der Waals surface area contributed by atoms with Crippen LogP contribution in [0.1, 0.15) is 63.4 Å². The molecule has 3 nitrogen and oxygen atoms in total. The van der Waals surface area contributed by atoms with Gasteiger partial charge in [-0.05, 0) is 81.4 Å². The molecule has 1 amide bonds. The smallest absolute Gasteiger partial charge is 0.247 e. The highest BCUT2D eigenvalue weighted by atomic mass is 16.1. The van der Waals surface area contributed by atoms with Gasteiger partial charge in [-0.25, -0.2) is 0 Å². The standard InChI is InChI=1S/C25H34N2O/c28-25(23-8-4-5-9-23)26-24-12-10-20(11-13-24)14-17-27-18-15-22(16-19-27)21-6-2-1-3-7-21/h1-3,6-8,15,20,24H,4-5,9-14,16-19H2,(H,26,28)/t20-,24-. The summed E-state index contributed by atoms with van der Waals surface area (Å²) in [5.74, 6) is 1.04. The van der Waals surface area contributed by atoms with E-state index in [9.17, 15) is 4.79 Å². The third-order valence-corrected chi connectivity index (χ3v) is 6.81. The van der Waals surface area contributed by atoms with Crippen molar-refractivity contribution in [1.29, 1.82) is 0 Å². The fourth-order valence-electron chi connectivity index (χ4n) is 4.94. The van der Waals surface area contributed by atoms with E-state index in [4.69, 9.17) is 0 Å². The van der Waals surface area contributed by atoms with Crippen LogP contribution in [0.3, 0.4) is 0 Å².